The zero-order valence-electron chi connectivity index (χ0n) is 16.0. The number of nitrogens with one attached hydrogen (secondary N) is 1. The zero-order valence-corrected chi connectivity index (χ0v) is 18.4. The molecule has 2 N–H and O–H groups in total. The van der Waals surface area contributed by atoms with Gasteiger partial charge in [0.2, 0.25) is 10.0 Å². The van der Waals surface area contributed by atoms with Gasteiger partial charge in [0, 0.05) is 40.9 Å². The summed E-state index contributed by atoms with van der Waals surface area (Å²) in [5, 5.41) is 22.5. The average Bonchev–Trinajstić information content (AvgIpc) is 2.74. The number of nitro benzene ring substituents is 1. The summed E-state index contributed by atoms with van der Waals surface area (Å²) < 4.78 is 27.6. The molecule has 0 bridgehead atoms. The monoisotopic (exact) mass is 511 g/mol. The number of carboxylic acids is 1. The number of carboxylic acid groups (broad SMARTS) is 1. The van der Waals surface area contributed by atoms with Crippen LogP contribution in [0.4, 0.5) is 11.4 Å². The molecule has 164 valence electrons. The number of benzene rings is 2. The van der Waals surface area contributed by atoms with Gasteiger partial charge in [0.05, 0.1) is 15.7 Å². The molecular formula is C19H18BrN3O7S. The minimum atomic E-state index is -3.96. The van der Waals surface area contributed by atoms with Crippen LogP contribution >= 0.6 is 15.9 Å². The molecule has 1 fully saturated rings. The molecule has 1 saturated heterocycles. The van der Waals surface area contributed by atoms with Crippen LogP contribution in [0.25, 0.3) is 0 Å². The zero-order chi connectivity index (χ0) is 22.8. The highest BCUT2D eigenvalue weighted by Crippen LogP contribution is 2.30. The quantitative estimate of drug-likeness (QED) is 0.447. The highest BCUT2D eigenvalue weighted by Gasteiger charge is 2.33. The highest BCUT2D eigenvalue weighted by atomic mass is 79.9. The van der Waals surface area contributed by atoms with E-state index in [4.69, 9.17) is 5.11 Å². The lowest BCUT2D eigenvalue weighted by Crippen LogP contribution is -2.40. The third kappa shape index (κ3) is 5.09. The second-order valence-corrected chi connectivity index (χ2v) is 9.68. The number of anilines is 1. The lowest BCUT2D eigenvalue weighted by atomic mass is 9.99. The first-order valence-corrected chi connectivity index (χ1v) is 11.4. The molecule has 0 aliphatic carbocycles. The molecule has 0 aromatic heterocycles. The summed E-state index contributed by atoms with van der Waals surface area (Å²) in [7, 11) is -3.96. The van der Waals surface area contributed by atoms with Crippen molar-refractivity contribution in [1.29, 1.82) is 0 Å². The fraction of sp³-hybridized carbons (Fsp3) is 0.263. The van der Waals surface area contributed by atoms with Gasteiger partial charge >= 0.3 is 5.97 Å². The van der Waals surface area contributed by atoms with E-state index in [-0.39, 0.29) is 52.2 Å². The Morgan fingerprint density at radius 3 is 2.45 bits per heavy atom. The van der Waals surface area contributed by atoms with E-state index in [1.165, 1.54) is 46.8 Å². The van der Waals surface area contributed by atoms with Gasteiger partial charge in [-0.1, -0.05) is 6.07 Å². The number of nitro groups is 1. The van der Waals surface area contributed by atoms with Crippen LogP contribution in [0.15, 0.2) is 51.8 Å². The van der Waals surface area contributed by atoms with Crippen molar-refractivity contribution in [1.82, 2.24) is 4.31 Å². The van der Waals surface area contributed by atoms with Gasteiger partial charge in [0.25, 0.3) is 11.6 Å². The number of sulfonamides is 1. The summed E-state index contributed by atoms with van der Waals surface area (Å²) in [4.78, 5) is 33.9. The summed E-state index contributed by atoms with van der Waals surface area (Å²) >= 11 is 3.20. The number of nitrogens with zero attached hydrogens (tertiary/aromatic N) is 2. The number of hydrogen-bond acceptors (Lipinski definition) is 6. The lowest BCUT2D eigenvalue weighted by molar-refractivity contribution is -0.384. The van der Waals surface area contributed by atoms with E-state index in [1.807, 2.05) is 0 Å². The Morgan fingerprint density at radius 2 is 1.84 bits per heavy atom. The largest absolute Gasteiger partial charge is 0.481 e. The van der Waals surface area contributed by atoms with E-state index < -0.39 is 32.7 Å². The average molecular weight is 512 g/mol. The summed E-state index contributed by atoms with van der Waals surface area (Å²) in [5.41, 5.74) is 0.0533. The molecule has 1 amide bonds. The molecule has 31 heavy (non-hydrogen) atoms. The predicted octanol–water partition coefficient (Wildman–Crippen LogP) is 3.09. The van der Waals surface area contributed by atoms with Gasteiger partial charge in [-0.3, -0.25) is 19.7 Å². The normalized spacial score (nSPS) is 15.4. The number of carbonyl (C=O) groups is 2. The molecule has 0 atom stereocenters. The molecule has 1 aliphatic rings. The van der Waals surface area contributed by atoms with Crippen molar-refractivity contribution in [3.8, 4) is 0 Å². The molecule has 0 radical (unpaired) electrons. The molecular weight excluding hydrogens is 494 g/mol. The van der Waals surface area contributed by atoms with Crippen molar-refractivity contribution in [2.75, 3.05) is 18.4 Å². The SMILES string of the molecule is O=C(Nc1cccc([N+](=O)[O-])c1)c1ccc(Br)c(S(=O)(=O)N2CCC(C(=O)O)CC2)c1. The van der Waals surface area contributed by atoms with Crippen LogP contribution in [0.1, 0.15) is 23.2 Å². The molecule has 1 aliphatic heterocycles. The Labute approximate surface area is 186 Å². The third-order valence-corrected chi connectivity index (χ3v) is 7.82. The number of aliphatic carboxylic acids is 1. The molecule has 10 nitrogen and oxygen atoms in total. The summed E-state index contributed by atoms with van der Waals surface area (Å²) in [6, 6.07) is 9.45. The van der Waals surface area contributed by atoms with Gasteiger partial charge in [0.1, 0.15) is 0 Å². The smallest absolute Gasteiger partial charge is 0.306 e. The van der Waals surface area contributed by atoms with E-state index in [9.17, 15) is 28.1 Å². The van der Waals surface area contributed by atoms with Crippen LogP contribution in [0.3, 0.4) is 0 Å². The van der Waals surface area contributed by atoms with Crippen LogP contribution in [0.5, 0.6) is 0 Å². The van der Waals surface area contributed by atoms with Crippen molar-refractivity contribution in [3.63, 3.8) is 0 Å². The van der Waals surface area contributed by atoms with Crippen molar-refractivity contribution in [2.45, 2.75) is 17.7 Å². The molecule has 1 heterocycles. The second-order valence-electron chi connectivity index (χ2n) is 6.92. The van der Waals surface area contributed by atoms with E-state index in [0.29, 0.717) is 0 Å². The Morgan fingerprint density at radius 1 is 1.16 bits per heavy atom. The van der Waals surface area contributed by atoms with Crippen molar-refractivity contribution in [2.24, 2.45) is 5.92 Å². The van der Waals surface area contributed by atoms with Crippen molar-refractivity contribution < 1.29 is 28.0 Å². The Kier molecular flexibility index (Phi) is 6.72. The fourth-order valence-corrected chi connectivity index (χ4v) is 5.65. The molecule has 0 saturated carbocycles. The number of non-ortho nitro benzene ring substituents is 1. The standard InChI is InChI=1S/C19H18BrN3O7S/c20-16-5-4-13(18(24)21-14-2-1-3-15(11-14)23(27)28)10-17(16)31(29,30)22-8-6-12(7-9-22)19(25)26/h1-5,10-12H,6-9H2,(H,21,24)(H,25,26). The van der Waals surface area contributed by atoms with Crippen LogP contribution in [0.2, 0.25) is 0 Å². The molecule has 12 heteroatoms. The summed E-state index contributed by atoms with van der Waals surface area (Å²) in [5.74, 6) is -2.16. The minimum absolute atomic E-state index is 0.0497. The fourth-order valence-electron chi connectivity index (χ4n) is 3.22. The lowest BCUT2D eigenvalue weighted by Gasteiger charge is -2.29. The predicted molar refractivity (Wildman–Crippen MR) is 114 cm³/mol. The molecule has 3 rings (SSSR count). The van der Waals surface area contributed by atoms with E-state index in [2.05, 4.69) is 21.2 Å². The van der Waals surface area contributed by atoms with Crippen molar-refractivity contribution >= 4 is 49.2 Å². The van der Waals surface area contributed by atoms with Gasteiger partial charge in [-0.15, -0.1) is 0 Å². The van der Waals surface area contributed by atoms with Crippen LogP contribution in [0, 0.1) is 16.0 Å². The minimum Gasteiger partial charge on any atom is -0.481 e. The number of carbonyl (C=O) groups excluding carboxylic acids is 1. The topological polar surface area (TPSA) is 147 Å². The Hall–Kier alpha value is -2.83. The van der Waals surface area contributed by atoms with Crippen LogP contribution in [-0.2, 0) is 14.8 Å². The number of hydrogen-bond donors (Lipinski definition) is 2. The highest BCUT2D eigenvalue weighted by molar-refractivity contribution is 9.10. The van der Waals surface area contributed by atoms with Gasteiger partial charge in [-0.05, 0) is 53.0 Å². The maximum Gasteiger partial charge on any atom is 0.306 e. The molecule has 2 aromatic rings. The Balaban J connectivity index is 1.83. The maximum absolute atomic E-state index is 13.1. The van der Waals surface area contributed by atoms with Crippen molar-refractivity contribution in [3.05, 3.63) is 62.6 Å². The molecule has 2 aromatic carbocycles. The van der Waals surface area contributed by atoms with Gasteiger partial charge in [-0.25, -0.2) is 8.42 Å². The number of rotatable bonds is 6. The number of amides is 1. The van der Waals surface area contributed by atoms with E-state index in [0.717, 1.165) is 0 Å². The summed E-state index contributed by atoms with van der Waals surface area (Å²) in [6.07, 6.45) is 0.415. The van der Waals surface area contributed by atoms with Gasteiger partial charge in [0.15, 0.2) is 0 Å². The van der Waals surface area contributed by atoms with Gasteiger partial charge in [-0.2, -0.15) is 4.31 Å². The first-order chi connectivity index (χ1) is 14.6. The van der Waals surface area contributed by atoms with E-state index >= 15 is 0 Å². The van der Waals surface area contributed by atoms with Crippen LogP contribution in [-0.4, -0.2) is 47.7 Å². The molecule has 0 unspecified atom stereocenters. The Bertz CT molecular complexity index is 1140. The number of halogens is 1. The first kappa shape index (κ1) is 22.8. The van der Waals surface area contributed by atoms with Crippen LogP contribution < -0.4 is 5.32 Å². The second kappa shape index (κ2) is 9.12. The first-order valence-electron chi connectivity index (χ1n) is 9.18. The maximum atomic E-state index is 13.1. The van der Waals surface area contributed by atoms with E-state index in [1.54, 1.807) is 0 Å². The number of piperidine rings is 1. The molecule has 0 spiro atoms. The summed E-state index contributed by atoms with van der Waals surface area (Å²) in [6.45, 7) is 0.131. The third-order valence-electron chi connectivity index (χ3n) is 4.93. The van der Waals surface area contributed by atoms with Gasteiger partial charge < -0.3 is 10.4 Å².